The highest BCUT2D eigenvalue weighted by atomic mass is 32.2. The molecule has 0 saturated heterocycles. The lowest BCUT2D eigenvalue weighted by molar-refractivity contribution is -0.0433. The lowest BCUT2D eigenvalue weighted by Gasteiger charge is -2.27. The van der Waals surface area contributed by atoms with Crippen molar-refractivity contribution in [1.29, 1.82) is 0 Å². The zero-order valence-electron chi connectivity index (χ0n) is 13.3. The summed E-state index contributed by atoms with van der Waals surface area (Å²) in [6.07, 6.45) is -0.0252. The number of rotatable bonds is 7. The van der Waals surface area contributed by atoms with Crippen molar-refractivity contribution in [1.82, 2.24) is 5.32 Å². The van der Waals surface area contributed by atoms with Crippen molar-refractivity contribution in [3.05, 3.63) is 29.8 Å². The number of hydrogen-bond acceptors (Lipinski definition) is 3. The second-order valence-electron chi connectivity index (χ2n) is 6.04. The van der Waals surface area contributed by atoms with E-state index in [2.05, 4.69) is 5.32 Å². The van der Waals surface area contributed by atoms with Crippen molar-refractivity contribution < 1.29 is 23.5 Å². The average molecular weight is 357 g/mol. The number of halogens is 2. The van der Waals surface area contributed by atoms with Crippen LogP contribution in [0, 0.1) is 5.92 Å². The predicted octanol–water partition coefficient (Wildman–Crippen LogP) is 4.44. The van der Waals surface area contributed by atoms with Gasteiger partial charge < -0.3 is 10.4 Å². The Morgan fingerprint density at radius 3 is 2.67 bits per heavy atom. The maximum absolute atomic E-state index is 13.1. The van der Waals surface area contributed by atoms with E-state index >= 15 is 0 Å². The number of ketones is 1. The van der Waals surface area contributed by atoms with Crippen LogP contribution in [0.25, 0.3) is 0 Å². The van der Waals surface area contributed by atoms with Gasteiger partial charge in [-0.25, -0.2) is 13.6 Å². The van der Waals surface area contributed by atoms with Gasteiger partial charge in [0.25, 0.3) is 0 Å². The molecule has 0 unspecified atom stereocenters. The Labute approximate surface area is 144 Å². The molecule has 0 aromatic heterocycles. The molecule has 1 aliphatic carbocycles. The SMILES string of the molecule is O=C(O)NCCC(=O)c1cccc(SCC2CCC(F)(F)CC2)c1. The molecule has 24 heavy (non-hydrogen) atoms. The Kier molecular flexibility index (Phi) is 6.60. The Hall–Kier alpha value is -1.63. The Morgan fingerprint density at radius 2 is 2.00 bits per heavy atom. The number of thioether (sulfide) groups is 1. The van der Waals surface area contributed by atoms with E-state index in [1.54, 1.807) is 30.0 Å². The molecule has 1 amide bonds. The zero-order valence-corrected chi connectivity index (χ0v) is 14.1. The van der Waals surface area contributed by atoms with Crippen molar-refractivity contribution in [2.45, 2.75) is 42.9 Å². The van der Waals surface area contributed by atoms with Crippen molar-refractivity contribution in [2.75, 3.05) is 12.3 Å². The molecule has 2 N–H and O–H groups in total. The Bertz CT molecular complexity index is 585. The maximum atomic E-state index is 13.1. The summed E-state index contributed by atoms with van der Waals surface area (Å²) in [5, 5.41) is 10.7. The molecular formula is C17H21F2NO3S. The summed E-state index contributed by atoms with van der Waals surface area (Å²) in [7, 11) is 0. The van der Waals surface area contributed by atoms with Gasteiger partial charge in [-0.1, -0.05) is 12.1 Å². The third-order valence-corrected chi connectivity index (χ3v) is 5.33. The van der Waals surface area contributed by atoms with E-state index < -0.39 is 12.0 Å². The van der Waals surface area contributed by atoms with Gasteiger partial charge in [0, 0.05) is 42.0 Å². The van der Waals surface area contributed by atoms with Crippen LogP contribution in [-0.2, 0) is 0 Å². The first-order valence-corrected chi connectivity index (χ1v) is 8.95. The van der Waals surface area contributed by atoms with E-state index in [9.17, 15) is 18.4 Å². The summed E-state index contributed by atoms with van der Waals surface area (Å²) in [5.41, 5.74) is 0.544. The number of nitrogens with one attached hydrogen (secondary N) is 1. The van der Waals surface area contributed by atoms with Crippen LogP contribution in [0.15, 0.2) is 29.2 Å². The van der Waals surface area contributed by atoms with Crippen LogP contribution in [0.4, 0.5) is 13.6 Å². The molecule has 1 aliphatic rings. The van der Waals surface area contributed by atoms with E-state index in [1.807, 2.05) is 6.07 Å². The minimum atomic E-state index is -2.50. The van der Waals surface area contributed by atoms with Gasteiger partial charge in [-0.3, -0.25) is 4.79 Å². The van der Waals surface area contributed by atoms with Crippen LogP contribution in [0.3, 0.4) is 0 Å². The number of benzene rings is 1. The standard InChI is InChI=1S/C17H21F2NO3S/c18-17(19)7-4-12(5-8-17)11-24-14-3-1-2-13(10-14)15(21)6-9-20-16(22)23/h1-3,10,12,20H,4-9,11H2,(H,22,23). The molecule has 2 rings (SSSR count). The van der Waals surface area contributed by atoms with E-state index in [1.165, 1.54) is 0 Å². The summed E-state index contributed by atoms with van der Waals surface area (Å²) >= 11 is 1.58. The predicted molar refractivity (Wildman–Crippen MR) is 89.0 cm³/mol. The van der Waals surface area contributed by atoms with Crippen LogP contribution in [0.5, 0.6) is 0 Å². The zero-order chi connectivity index (χ0) is 17.6. The third kappa shape index (κ3) is 6.11. The van der Waals surface area contributed by atoms with Gasteiger partial charge >= 0.3 is 6.09 Å². The topological polar surface area (TPSA) is 66.4 Å². The van der Waals surface area contributed by atoms with Gasteiger partial charge in [-0.2, -0.15) is 0 Å². The van der Waals surface area contributed by atoms with Crippen LogP contribution < -0.4 is 5.32 Å². The third-order valence-electron chi connectivity index (χ3n) is 4.11. The number of carbonyl (C=O) groups is 2. The summed E-state index contributed by atoms with van der Waals surface area (Å²) in [6.45, 7) is 0.0851. The largest absolute Gasteiger partial charge is 0.465 e. The fourth-order valence-corrected chi connectivity index (χ4v) is 3.81. The molecule has 0 radical (unpaired) electrons. The Morgan fingerprint density at radius 1 is 1.29 bits per heavy atom. The summed E-state index contributed by atoms with van der Waals surface area (Å²) in [6, 6.07) is 7.17. The van der Waals surface area contributed by atoms with Gasteiger partial charge in [0.05, 0.1) is 0 Å². The van der Waals surface area contributed by atoms with Gasteiger partial charge in [-0.05, 0) is 30.9 Å². The fourth-order valence-electron chi connectivity index (χ4n) is 2.67. The van der Waals surface area contributed by atoms with Crippen LogP contribution in [0.1, 0.15) is 42.5 Å². The van der Waals surface area contributed by atoms with E-state index in [-0.39, 0.29) is 37.5 Å². The quantitative estimate of drug-likeness (QED) is 0.559. The minimum absolute atomic E-state index is 0.0344. The second-order valence-corrected chi connectivity index (χ2v) is 7.14. The molecule has 1 aromatic rings. The normalized spacial score (nSPS) is 17.4. The van der Waals surface area contributed by atoms with Crippen molar-refractivity contribution >= 4 is 23.6 Å². The minimum Gasteiger partial charge on any atom is -0.465 e. The maximum Gasteiger partial charge on any atom is 0.404 e. The molecule has 1 saturated carbocycles. The van der Waals surface area contributed by atoms with Gasteiger partial charge in [0.2, 0.25) is 5.92 Å². The van der Waals surface area contributed by atoms with Gasteiger partial charge in [0.15, 0.2) is 5.78 Å². The van der Waals surface area contributed by atoms with Gasteiger partial charge in [0.1, 0.15) is 0 Å². The van der Waals surface area contributed by atoms with Gasteiger partial charge in [-0.15, -0.1) is 11.8 Å². The molecular weight excluding hydrogens is 336 g/mol. The van der Waals surface area contributed by atoms with Crippen LogP contribution in [0.2, 0.25) is 0 Å². The number of carboxylic acid groups (broad SMARTS) is 1. The number of alkyl halides is 2. The fraction of sp³-hybridized carbons (Fsp3) is 0.529. The molecule has 0 spiro atoms. The first-order valence-electron chi connectivity index (χ1n) is 7.96. The highest BCUT2D eigenvalue weighted by Gasteiger charge is 2.34. The van der Waals surface area contributed by atoms with Crippen molar-refractivity contribution in [2.24, 2.45) is 5.92 Å². The molecule has 1 fully saturated rings. The van der Waals surface area contributed by atoms with Crippen molar-refractivity contribution in [3.63, 3.8) is 0 Å². The molecule has 7 heteroatoms. The number of amides is 1. The van der Waals surface area contributed by atoms with E-state index in [0.29, 0.717) is 18.4 Å². The van der Waals surface area contributed by atoms with Crippen LogP contribution >= 0.6 is 11.8 Å². The first-order chi connectivity index (χ1) is 11.4. The van der Waals surface area contributed by atoms with Crippen molar-refractivity contribution in [3.8, 4) is 0 Å². The highest BCUT2D eigenvalue weighted by molar-refractivity contribution is 7.99. The molecule has 1 aromatic carbocycles. The number of Topliss-reactive ketones (excluding diaryl/α,β-unsaturated/α-hetero) is 1. The lowest BCUT2D eigenvalue weighted by Crippen LogP contribution is -2.25. The molecule has 4 nitrogen and oxygen atoms in total. The molecule has 0 heterocycles. The van der Waals surface area contributed by atoms with E-state index in [4.69, 9.17) is 5.11 Å². The van der Waals surface area contributed by atoms with Crippen LogP contribution in [-0.4, -0.2) is 35.2 Å². The van der Waals surface area contributed by atoms with E-state index in [0.717, 1.165) is 10.6 Å². The summed E-state index contributed by atoms with van der Waals surface area (Å²) < 4.78 is 26.3. The monoisotopic (exact) mass is 357 g/mol. The molecule has 0 atom stereocenters. The smallest absolute Gasteiger partial charge is 0.404 e. The average Bonchev–Trinajstić information content (AvgIpc) is 2.53. The number of carbonyl (C=O) groups excluding carboxylic acids is 1. The molecule has 0 bridgehead atoms. The highest BCUT2D eigenvalue weighted by Crippen LogP contribution is 2.38. The molecule has 132 valence electrons. The number of hydrogen-bond donors (Lipinski definition) is 2. The first kappa shape index (κ1) is 18.7. The molecule has 0 aliphatic heterocycles. The summed E-state index contributed by atoms with van der Waals surface area (Å²) in [5.74, 6) is -1.57. The second kappa shape index (κ2) is 8.46. The lowest BCUT2D eigenvalue weighted by atomic mass is 9.88. The summed E-state index contributed by atoms with van der Waals surface area (Å²) in [4.78, 5) is 23.3. The Balaban J connectivity index is 1.82.